The van der Waals surface area contributed by atoms with Gasteiger partial charge in [0.15, 0.2) is 0 Å². The Kier molecular flexibility index (Phi) is 4.53. The molecular formula is C19H18BrNO2. The predicted molar refractivity (Wildman–Crippen MR) is 96.8 cm³/mol. The van der Waals surface area contributed by atoms with Gasteiger partial charge in [0.2, 0.25) is 0 Å². The summed E-state index contributed by atoms with van der Waals surface area (Å²) in [5.41, 5.74) is 5.55. The Labute approximate surface area is 143 Å². The van der Waals surface area contributed by atoms with Crippen LogP contribution in [0.2, 0.25) is 0 Å². The summed E-state index contributed by atoms with van der Waals surface area (Å²) in [5.74, 6) is -0.771. The number of aromatic amines is 1. The van der Waals surface area contributed by atoms with E-state index in [1.807, 2.05) is 30.3 Å². The fourth-order valence-corrected chi connectivity index (χ4v) is 3.25. The smallest absolute Gasteiger partial charge is 0.303 e. The van der Waals surface area contributed by atoms with Crippen molar-refractivity contribution in [2.75, 3.05) is 0 Å². The van der Waals surface area contributed by atoms with Crippen LogP contribution in [0.15, 0.2) is 46.9 Å². The first kappa shape index (κ1) is 15.8. The Morgan fingerprint density at radius 3 is 2.57 bits per heavy atom. The van der Waals surface area contributed by atoms with E-state index in [-0.39, 0.29) is 6.42 Å². The zero-order valence-corrected chi connectivity index (χ0v) is 14.5. The SMILES string of the molecule is CCc1cccc2c(CCC(=O)O)c(-c3ccc(Br)cc3)[nH]c12. The van der Waals surface area contributed by atoms with E-state index in [1.165, 1.54) is 5.56 Å². The summed E-state index contributed by atoms with van der Waals surface area (Å²) in [6.07, 6.45) is 1.59. The molecule has 0 bridgehead atoms. The van der Waals surface area contributed by atoms with Gasteiger partial charge >= 0.3 is 5.97 Å². The molecule has 2 aromatic carbocycles. The van der Waals surface area contributed by atoms with E-state index in [1.54, 1.807) is 0 Å². The minimum atomic E-state index is -0.771. The zero-order valence-electron chi connectivity index (χ0n) is 12.9. The summed E-state index contributed by atoms with van der Waals surface area (Å²) >= 11 is 3.46. The molecule has 0 unspecified atom stereocenters. The van der Waals surface area contributed by atoms with Crippen LogP contribution in [0.1, 0.15) is 24.5 Å². The van der Waals surface area contributed by atoms with Crippen molar-refractivity contribution in [3.05, 3.63) is 58.1 Å². The van der Waals surface area contributed by atoms with E-state index < -0.39 is 5.97 Å². The van der Waals surface area contributed by atoms with E-state index in [9.17, 15) is 4.79 Å². The van der Waals surface area contributed by atoms with Gasteiger partial charge < -0.3 is 10.1 Å². The van der Waals surface area contributed by atoms with E-state index in [2.05, 4.69) is 40.0 Å². The number of hydrogen-bond acceptors (Lipinski definition) is 1. The third-order valence-corrected chi connectivity index (χ3v) is 4.66. The van der Waals surface area contributed by atoms with Gasteiger partial charge in [0.1, 0.15) is 0 Å². The molecule has 2 N–H and O–H groups in total. The summed E-state index contributed by atoms with van der Waals surface area (Å²) < 4.78 is 1.03. The summed E-state index contributed by atoms with van der Waals surface area (Å²) in [6.45, 7) is 2.13. The maximum Gasteiger partial charge on any atom is 0.303 e. The molecular weight excluding hydrogens is 354 g/mol. The van der Waals surface area contributed by atoms with Gasteiger partial charge in [-0.1, -0.05) is 53.2 Å². The highest BCUT2D eigenvalue weighted by Crippen LogP contribution is 2.33. The molecule has 0 aliphatic rings. The number of nitrogens with one attached hydrogen (secondary N) is 1. The number of halogens is 1. The Morgan fingerprint density at radius 1 is 1.17 bits per heavy atom. The van der Waals surface area contributed by atoms with Crippen LogP contribution < -0.4 is 0 Å². The van der Waals surface area contributed by atoms with Gasteiger partial charge in [0, 0.05) is 27.5 Å². The first-order valence-corrected chi connectivity index (χ1v) is 8.49. The Morgan fingerprint density at radius 2 is 1.91 bits per heavy atom. The van der Waals surface area contributed by atoms with Crippen molar-refractivity contribution in [1.29, 1.82) is 0 Å². The number of aryl methyl sites for hydroxylation is 2. The average Bonchev–Trinajstić information content (AvgIpc) is 2.92. The molecule has 4 heteroatoms. The van der Waals surface area contributed by atoms with Gasteiger partial charge in [0.05, 0.1) is 0 Å². The molecule has 0 spiro atoms. The molecule has 23 heavy (non-hydrogen) atoms. The van der Waals surface area contributed by atoms with Crippen LogP contribution >= 0.6 is 15.9 Å². The van der Waals surface area contributed by atoms with Gasteiger partial charge in [-0.2, -0.15) is 0 Å². The Balaban J connectivity index is 2.19. The molecule has 118 valence electrons. The third kappa shape index (κ3) is 3.17. The standard InChI is InChI=1S/C19H18BrNO2/c1-2-12-4-3-5-15-16(10-11-17(22)23)19(21-18(12)15)13-6-8-14(20)9-7-13/h3-9,21H,2,10-11H2,1H3,(H,22,23). The van der Waals surface area contributed by atoms with Crippen molar-refractivity contribution < 1.29 is 9.90 Å². The number of aliphatic carboxylic acids is 1. The van der Waals surface area contributed by atoms with Gasteiger partial charge in [-0.05, 0) is 41.7 Å². The van der Waals surface area contributed by atoms with Crippen molar-refractivity contribution in [2.45, 2.75) is 26.2 Å². The summed E-state index contributed by atoms with van der Waals surface area (Å²) in [4.78, 5) is 14.6. The molecule has 0 atom stereocenters. The molecule has 0 aliphatic carbocycles. The van der Waals surface area contributed by atoms with Crippen molar-refractivity contribution in [3.63, 3.8) is 0 Å². The maximum absolute atomic E-state index is 11.0. The van der Waals surface area contributed by atoms with Gasteiger partial charge in [-0.3, -0.25) is 4.79 Å². The minimum Gasteiger partial charge on any atom is -0.481 e. The second kappa shape index (κ2) is 6.59. The monoisotopic (exact) mass is 371 g/mol. The third-order valence-electron chi connectivity index (χ3n) is 4.13. The Hall–Kier alpha value is -2.07. The number of hydrogen-bond donors (Lipinski definition) is 2. The van der Waals surface area contributed by atoms with E-state index >= 15 is 0 Å². The molecule has 3 rings (SSSR count). The highest BCUT2D eigenvalue weighted by Gasteiger charge is 2.15. The van der Waals surface area contributed by atoms with Gasteiger partial charge in [0.25, 0.3) is 0 Å². The lowest BCUT2D eigenvalue weighted by molar-refractivity contribution is -0.136. The number of rotatable bonds is 5. The van der Waals surface area contributed by atoms with Crippen LogP contribution in [0.4, 0.5) is 0 Å². The highest BCUT2D eigenvalue weighted by molar-refractivity contribution is 9.10. The first-order valence-electron chi connectivity index (χ1n) is 7.70. The van der Waals surface area contributed by atoms with Crippen LogP contribution in [0.5, 0.6) is 0 Å². The van der Waals surface area contributed by atoms with E-state index in [0.29, 0.717) is 6.42 Å². The van der Waals surface area contributed by atoms with Crippen LogP contribution in [0.25, 0.3) is 22.2 Å². The maximum atomic E-state index is 11.0. The number of carboxylic acid groups (broad SMARTS) is 1. The lowest BCUT2D eigenvalue weighted by Gasteiger charge is -2.04. The van der Waals surface area contributed by atoms with E-state index in [4.69, 9.17) is 5.11 Å². The number of para-hydroxylation sites is 1. The van der Waals surface area contributed by atoms with Crippen LogP contribution in [-0.2, 0) is 17.6 Å². The molecule has 0 aliphatic heterocycles. The molecule has 1 aromatic heterocycles. The fraction of sp³-hybridized carbons (Fsp3) is 0.211. The molecule has 0 fully saturated rings. The largest absolute Gasteiger partial charge is 0.481 e. The van der Waals surface area contributed by atoms with Crippen molar-refractivity contribution in [3.8, 4) is 11.3 Å². The number of benzene rings is 2. The summed E-state index contributed by atoms with van der Waals surface area (Å²) in [5, 5.41) is 10.2. The predicted octanol–water partition coefficient (Wildman–Crippen LogP) is 5.18. The highest BCUT2D eigenvalue weighted by atomic mass is 79.9. The topological polar surface area (TPSA) is 53.1 Å². The fourth-order valence-electron chi connectivity index (χ4n) is 2.98. The van der Waals surface area contributed by atoms with Crippen LogP contribution in [-0.4, -0.2) is 16.1 Å². The molecule has 0 saturated heterocycles. The van der Waals surface area contributed by atoms with Crippen molar-refractivity contribution >= 4 is 32.8 Å². The molecule has 3 aromatic rings. The average molecular weight is 372 g/mol. The first-order chi connectivity index (χ1) is 11.1. The minimum absolute atomic E-state index is 0.132. The van der Waals surface area contributed by atoms with Gasteiger partial charge in [-0.25, -0.2) is 0 Å². The van der Waals surface area contributed by atoms with Crippen molar-refractivity contribution in [1.82, 2.24) is 4.98 Å². The number of carboxylic acids is 1. The van der Waals surface area contributed by atoms with Crippen LogP contribution in [0, 0.1) is 0 Å². The van der Waals surface area contributed by atoms with E-state index in [0.717, 1.165) is 38.6 Å². The second-order valence-corrected chi connectivity index (χ2v) is 6.49. The molecule has 0 amide bonds. The molecule has 0 saturated carbocycles. The van der Waals surface area contributed by atoms with Crippen molar-refractivity contribution in [2.24, 2.45) is 0 Å². The lowest BCUT2D eigenvalue weighted by Crippen LogP contribution is -1.98. The number of carbonyl (C=O) groups is 1. The lowest BCUT2D eigenvalue weighted by atomic mass is 10.00. The molecule has 3 nitrogen and oxygen atoms in total. The molecule has 0 radical (unpaired) electrons. The Bertz CT molecular complexity index is 850. The molecule has 1 heterocycles. The second-order valence-electron chi connectivity index (χ2n) is 5.57. The summed E-state index contributed by atoms with van der Waals surface area (Å²) in [7, 11) is 0. The summed E-state index contributed by atoms with van der Waals surface area (Å²) in [6, 6.07) is 14.3. The number of H-pyrrole nitrogens is 1. The van der Waals surface area contributed by atoms with Gasteiger partial charge in [-0.15, -0.1) is 0 Å². The van der Waals surface area contributed by atoms with Crippen LogP contribution in [0.3, 0.4) is 0 Å². The number of aromatic nitrogens is 1. The normalized spacial score (nSPS) is 11.0. The zero-order chi connectivity index (χ0) is 16.4. The quantitative estimate of drug-likeness (QED) is 0.649. The number of fused-ring (bicyclic) bond motifs is 1.